The van der Waals surface area contributed by atoms with Gasteiger partial charge < -0.3 is 13.7 Å². The maximum absolute atomic E-state index is 12.0. The number of oxazole rings is 1. The van der Waals surface area contributed by atoms with Crippen molar-refractivity contribution in [2.75, 3.05) is 7.11 Å². The topological polar surface area (TPSA) is 70.2 Å². The average Bonchev–Trinajstić information content (AvgIpc) is 3.37. The maximum Gasteiger partial charge on any atom is 0.337 e. The van der Waals surface area contributed by atoms with Crippen LogP contribution in [0.15, 0.2) is 40.8 Å². The number of ether oxygens (including phenoxy) is 1. The lowest BCUT2D eigenvalue weighted by Gasteiger charge is -2.09. The summed E-state index contributed by atoms with van der Waals surface area (Å²) in [7, 11) is 1.39. The zero-order valence-electron chi connectivity index (χ0n) is 18.5. The molecular weight excluding hydrogens is 390 g/mol. The van der Waals surface area contributed by atoms with Crippen LogP contribution in [0.25, 0.3) is 33.5 Å². The molecule has 0 saturated heterocycles. The molecule has 0 atom stereocenters. The first-order valence-electron chi connectivity index (χ1n) is 11.1. The van der Waals surface area contributed by atoms with Gasteiger partial charge in [0.25, 0.3) is 0 Å². The molecule has 31 heavy (non-hydrogen) atoms. The Morgan fingerprint density at radius 3 is 2.65 bits per heavy atom. The highest BCUT2D eigenvalue weighted by molar-refractivity contribution is 5.96. The molecule has 0 saturated carbocycles. The van der Waals surface area contributed by atoms with Crippen LogP contribution in [0.1, 0.15) is 62.2 Å². The number of methoxy groups -OCH3 is 1. The molecule has 2 aromatic carbocycles. The van der Waals surface area contributed by atoms with Gasteiger partial charge in [0.2, 0.25) is 0 Å². The van der Waals surface area contributed by atoms with E-state index in [0.29, 0.717) is 5.56 Å². The summed E-state index contributed by atoms with van der Waals surface area (Å²) in [6.45, 7) is 5.21. The molecule has 0 aliphatic heterocycles. The fourth-order valence-corrected chi connectivity index (χ4v) is 3.93. The third-order valence-electron chi connectivity index (χ3n) is 5.60. The number of benzene rings is 2. The highest BCUT2D eigenvalue weighted by Crippen LogP contribution is 2.32. The number of aryl methyl sites for hydroxylation is 2. The van der Waals surface area contributed by atoms with Crippen LogP contribution in [0.5, 0.6) is 0 Å². The number of unbranched alkanes of at least 4 members (excludes halogenated alkanes) is 3. The summed E-state index contributed by atoms with van der Waals surface area (Å²) in [5.41, 5.74) is 4.83. The lowest BCUT2D eigenvalue weighted by Crippen LogP contribution is -2.02. The molecule has 0 fully saturated rings. The number of rotatable bonds is 9. The van der Waals surface area contributed by atoms with Crippen molar-refractivity contribution in [1.82, 2.24) is 14.5 Å². The summed E-state index contributed by atoms with van der Waals surface area (Å²) in [4.78, 5) is 21.6. The van der Waals surface area contributed by atoms with Crippen LogP contribution in [0.3, 0.4) is 0 Å². The van der Waals surface area contributed by atoms with Crippen molar-refractivity contribution in [3.63, 3.8) is 0 Å². The van der Waals surface area contributed by atoms with Gasteiger partial charge in [-0.2, -0.15) is 0 Å². The summed E-state index contributed by atoms with van der Waals surface area (Å²) >= 11 is 0. The number of esters is 1. The van der Waals surface area contributed by atoms with Crippen LogP contribution in [0.2, 0.25) is 0 Å². The van der Waals surface area contributed by atoms with Crippen molar-refractivity contribution in [3.05, 3.63) is 47.9 Å². The first-order chi connectivity index (χ1) is 15.2. The minimum atomic E-state index is -0.359. The number of aromatic nitrogens is 3. The lowest BCUT2D eigenvalue weighted by molar-refractivity contribution is 0.0601. The number of hydrogen-bond acceptors (Lipinski definition) is 5. The van der Waals surface area contributed by atoms with E-state index in [1.165, 1.54) is 7.11 Å². The SMILES string of the molecule is CCCCCn1c(-c2cccc3nc(CCCC)oc23)nc2cc(C(=O)OC)ccc21. The van der Waals surface area contributed by atoms with Crippen LogP contribution in [0, 0.1) is 0 Å². The number of fused-ring (bicyclic) bond motifs is 2. The number of imidazole rings is 1. The number of carbonyl (C=O) groups excluding carboxylic acids is 1. The van der Waals surface area contributed by atoms with Gasteiger partial charge in [0, 0.05) is 13.0 Å². The molecule has 4 rings (SSSR count). The van der Waals surface area contributed by atoms with E-state index < -0.39 is 0 Å². The summed E-state index contributed by atoms with van der Waals surface area (Å²) < 4.78 is 13.3. The highest BCUT2D eigenvalue weighted by atomic mass is 16.5. The molecule has 2 aromatic heterocycles. The molecule has 0 aliphatic rings. The van der Waals surface area contributed by atoms with Crippen LogP contribution in [0.4, 0.5) is 0 Å². The predicted molar refractivity (Wildman–Crippen MR) is 122 cm³/mol. The number of hydrogen-bond donors (Lipinski definition) is 0. The van der Waals surface area contributed by atoms with Crippen LogP contribution in [-0.2, 0) is 17.7 Å². The van der Waals surface area contributed by atoms with Gasteiger partial charge in [0.15, 0.2) is 11.5 Å². The first-order valence-corrected chi connectivity index (χ1v) is 11.1. The summed E-state index contributed by atoms with van der Waals surface area (Å²) in [6, 6.07) is 11.6. The van der Waals surface area contributed by atoms with Crippen molar-refractivity contribution in [2.45, 2.75) is 58.9 Å². The van der Waals surface area contributed by atoms with Gasteiger partial charge in [-0.15, -0.1) is 0 Å². The quantitative estimate of drug-likeness (QED) is 0.240. The molecular formula is C25H29N3O3. The van der Waals surface area contributed by atoms with E-state index in [-0.39, 0.29) is 5.97 Å². The molecule has 0 aliphatic carbocycles. The van der Waals surface area contributed by atoms with Crippen LogP contribution in [-0.4, -0.2) is 27.6 Å². The molecule has 162 valence electrons. The zero-order chi connectivity index (χ0) is 21.8. The van der Waals surface area contributed by atoms with Gasteiger partial charge in [-0.25, -0.2) is 14.8 Å². The number of carbonyl (C=O) groups is 1. The van der Waals surface area contributed by atoms with Crippen molar-refractivity contribution in [2.24, 2.45) is 0 Å². The Morgan fingerprint density at radius 1 is 1.03 bits per heavy atom. The fourth-order valence-electron chi connectivity index (χ4n) is 3.93. The summed E-state index contributed by atoms with van der Waals surface area (Å²) in [5, 5.41) is 0. The molecule has 0 radical (unpaired) electrons. The Balaban J connectivity index is 1.85. The van der Waals surface area contributed by atoms with E-state index in [4.69, 9.17) is 14.1 Å². The monoisotopic (exact) mass is 419 g/mol. The van der Waals surface area contributed by atoms with E-state index in [9.17, 15) is 4.79 Å². The molecule has 2 heterocycles. The molecule has 0 unspecified atom stereocenters. The molecule has 0 N–H and O–H groups in total. The van der Waals surface area contributed by atoms with Crippen molar-refractivity contribution < 1.29 is 13.9 Å². The molecule has 0 bridgehead atoms. The highest BCUT2D eigenvalue weighted by Gasteiger charge is 2.19. The molecule has 0 spiro atoms. The Kier molecular flexibility index (Phi) is 6.35. The van der Waals surface area contributed by atoms with Gasteiger partial charge in [0.1, 0.15) is 11.3 Å². The van der Waals surface area contributed by atoms with E-state index in [1.807, 2.05) is 24.3 Å². The van der Waals surface area contributed by atoms with Gasteiger partial charge in [-0.1, -0.05) is 39.2 Å². The third kappa shape index (κ3) is 4.20. The lowest BCUT2D eigenvalue weighted by atomic mass is 10.1. The third-order valence-corrected chi connectivity index (χ3v) is 5.60. The zero-order valence-corrected chi connectivity index (χ0v) is 18.5. The minimum Gasteiger partial charge on any atom is -0.465 e. The van der Waals surface area contributed by atoms with Gasteiger partial charge in [0.05, 0.1) is 29.3 Å². The fraction of sp³-hybridized carbons (Fsp3) is 0.400. The Hall–Kier alpha value is -3.15. The van der Waals surface area contributed by atoms with E-state index in [2.05, 4.69) is 23.4 Å². The Morgan fingerprint density at radius 2 is 1.87 bits per heavy atom. The van der Waals surface area contributed by atoms with Gasteiger partial charge >= 0.3 is 5.97 Å². The first kappa shape index (κ1) is 21.1. The number of nitrogens with zero attached hydrogens (tertiary/aromatic N) is 3. The number of para-hydroxylation sites is 1. The normalized spacial score (nSPS) is 11.5. The van der Waals surface area contributed by atoms with Gasteiger partial charge in [-0.05, 0) is 43.2 Å². The summed E-state index contributed by atoms with van der Waals surface area (Å²) in [5.74, 6) is 1.25. The molecule has 6 nitrogen and oxygen atoms in total. The second-order valence-electron chi connectivity index (χ2n) is 7.85. The van der Waals surface area contributed by atoms with E-state index in [1.54, 1.807) is 12.1 Å². The Bertz CT molecular complexity index is 1210. The second kappa shape index (κ2) is 9.33. The van der Waals surface area contributed by atoms with E-state index >= 15 is 0 Å². The second-order valence-corrected chi connectivity index (χ2v) is 7.85. The van der Waals surface area contributed by atoms with E-state index in [0.717, 1.165) is 84.5 Å². The van der Waals surface area contributed by atoms with Crippen molar-refractivity contribution in [3.8, 4) is 11.4 Å². The molecule has 6 heteroatoms. The minimum absolute atomic E-state index is 0.359. The molecule has 0 amide bonds. The van der Waals surface area contributed by atoms with Crippen molar-refractivity contribution in [1.29, 1.82) is 0 Å². The van der Waals surface area contributed by atoms with Crippen molar-refractivity contribution >= 4 is 28.1 Å². The predicted octanol–water partition coefficient (Wildman–Crippen LogP) is 6.16. The standard InChI is InChI=1S/C25H29N3O3/c1-4-6-8-15-28-21-14-13-17(25(29)30-3)16-20(21)27-24(28)18-10-9-11-19-23(18)31-22(26-19)12-7-5-2/h9-11,13-14,16H,4-8,12,15H2,1-3H3. The van der Waals surface area contributed by atoms with Crippen LogP contribution < -0.4 is 0 Å². The maximum atomic E-state index is 12.0. The summed E-state index contributed by atoms with van der Waals surface area (Å²) in [6.07, 6.45) is 6.33. The Labute approximate surface area is 182 Å². The average molecular weight is 420 g/mol. The van der Waals surface area contributed by atoms with Crippen LogP contribution >= 0.6 is 0 Å². The molecule has 4 aromatic rings. The largest absolute Gasteiger partial charge is 0.465 e. The van der Waals surface area contributed by atoms with Gasteiger partial charge in [-0.3, -0.25) is 0 Å². The smallest absolute Gasteiger partial charge is 0.337 e.